The van der Waals surface area contributed by atoms with Gasteiger partial charge in [0.05, 0.1) is 24.5 Å². The van der Waals surface area contributed by atoms with Crippen molar-refractivity contribution in [1.82, 2.24) is 4.98 Å². The van der Waals surface area contributed by atoms with Gasteiger partial charge in [-0.3, -0.25) is 0 Å². The molecular weight excluding hydrogens is 414 g/mol. The molecule has 0 spiro atoms. The van der Waals surface area contributed by atoms with Crippen LogP contribution in [0.3, 0.4) is 0 Å². The van der Waals surface area contributed by atoms with Crippen molar-refractivity contribution in [3.05, 3.63) is 47.5 Å². The molecule has 8 heteroatoms. The lowest BCUT2D eigenvalue weighted by atomic mass is 10.3. The Labute approximate surface area is 174 Å². The van der Waals surface area contributed by atoms with Crippen LogP contribution in [0.15, 0.2) is 42.5 Å². The van der Waals surface area contributed by atoms with E-state index in [-0.39, 0.29) is 5.97 Å². The van der Waals surface area contributed by atoms with E-state index in [1.54, 1.807) is 37.3 Å². The SMILES string of the molecule is CC(Oc1ccc(Oc2nc3ccc(Cl)cc3s2)cc1)C(=O)OC[Si](C)(C)C. The van der Waals surface area contributed by atoms with E-state index >= 15 is 0 Å². The average molecular weight is 436 g/mol. The molecule has 148 valence electrons. The normalized spacial score (nSPS) is 12.6. The summed E-state index contributed by atoms with van der Waals surface area (Å²) in [4.78, 5) is 16.5. The van der Waals surface area contributed by atoms with E-state index in [1.165, 1.54) is 11.3 Å². The van der Waals surface area contributed by atoms with Crippen molar-refractivity contribution in [3.8, 4) is 16.7 Å². The standard InChI is InChI=1S/C20H22ClNO4SSi/c1-13(19(23)24-12-28(2,3)4)25-15-6-8-16(9-7-15)26-20-22-17-10-5-14(21)11-18(17)27-20/h5-11,13H,12H2,1-4H3. The number of fused-ring (bicyclic) bond motifs is 1. The van der Waals surface area contributed by atoms with Gasteiger partial charge in [-0.2, -0.15) is 0 Å². The van der Waals surface area contributed by atoms with Gasteiger partial charge >= 0.3 is 5.97 Å². The van der Waals surface area contributed by atoms with Crippen molar-refractivity contribution in [2.45, 2.75) is 32.7 Å². The molecule has 0 N–H and O–H groups in total. The summed E-state index contributed by atoms with van der Waals surface area (Å²) in [5.74, 6) is 0.850. The van der Waals surface area contributed by atoms with E-state index < -0.39 is 14.2 Å². The van der Waals surface area contributed by atoms with Gasteiger partial charge in [-0.05, 0) is 49.4 Å². The smallest absolute Gasteiger partial charge is 0.346 e. The fourth-order valence-corrected chi connectivity index (χ4v) is 3.95. The molecule has 0 saturated heterocycles. The van der Waals surface area contributed by atoms with E-state index in [2.05, 4.69) is 24.6 Å². The Morgan fingerprint density at radius 2 is 1.82 bits per heavy atom. The zero-order valence-electron chi connectivity index (χ0n) is 16.2. The van der Waals surface area contributed by atoms with Crippen molar-refractivity contribution in [2.75, 3.05) is 6.23 Å². The lowest BCUT2D eigenvalue weighted by molar-refractivity contribution is -0.149. The molecule has 0 fully saturated rings. The lowest BCUT2D eigenvalue weighted by Gasteiger charge is -2.19. The minimum absolute atomic E-state index is 0.351. The number of hydrogen-bond acceptors (Lipinski definition) is 6. The molecule has 0 saturated carbocycles. The van der Waals surface area contributed by atoms with Gasteiger partial charge in [0.1, 0.15) is 11.5 Å². The summed E-state index contributed by atoms with van der Waals surface area (Å²) in [6, 6.07) is 12.6. The molecule has 2 aromatic carbocycles. The molecule has 0 radical (unpaired) electrons. The van der Waals surface area contributed by atoms with Crippen molar-refractivity contribution in [1.29, 1.82) is 0 Å². The molecular formula is C20H22ClNO4SSi. The predicted molar refractivity (Wildman–Crippen MR) is 116 cm³/mol. The highest BCUT2D eigenvalue weighted by Crippen LogP contribution is 2.33. The minimum Gasteiger partial charge on any atom is -0.479 e. The third-order valence-electron chi connectivity index (χ3n) is 3.65. The zero-order valence-corrected chi connectivity index (χ0v) is 18.8. The van der Waals surface area contributed by atoms with Gasteiger partial charge in [-0.25, -0.2) is 9.78 Å². The van der Waals surface area contributed by atoms with E-state index in [4.69, 9.17) is 25.8 Å². The van der Waals surface area contributed by atoms with Crippen LogP contribution in [0, 0.1) is 0 Å². The fraction of sp³-hybridized carbons (Fsp3) is 0.300. The number of rotatable bonds is 7. The van der Waals surface area contributed by atoms with Gasteiger partial charge in [-0.1, -0.05) is 42.6 Å². The number of nitrogens with zero attached hydrogens (tertiary/aromatic N) is 1. The Morgan fingerprint density at radius 1 is 1.14 bits per heavy atom. The van der Waals surface area contributed by atoms with Crippen LogP contribution in [0.2, 0.25) is 24.7 Å². The van der Waals surface area contributed by atoms with Gasteiger partial charge in [0, 0.05) is 5.02 Å². The van der Waals surface area contributed by atoms with Crippen LogP contribution in [0.4, 0.5) is 0 Å². The van der Waals surface area contributed by atoms with Crippen LogP contribution >= 0.6 is 22.9 Å². The van der Waals surface area contributed by atoms with Gasteiger partial charge < -0.3 is 14.2 Å². The average Bonchev–Trinajstić information content (AvgIpc) is 3.02. The second-order valence-corrected chi connectivity index (χ2v) is 14.4. The van der Waals surface area contributed by atoms with Gasteiger partial charge in [-0.15, -0.1) is 0 Å². The highest BCUT2D eigenvalue weighted by atomic mass is 35.5. The van der Waals surface area contributed by atoms with Crippen LogP contribution in [0.25, 0.3) is 10.2 Å². The molecule has 1 heterocycles. The summed E-state index contributed by atoms with van der Waals surface area (Å²) in [5, 5.41) is 1.20. The predicted octanol–water partition coefficient (Wildman–Crippen LogP) is 5.93. The summed E-state index contributed by atoms with van der Waals surface area (Å²) >= 11 is 7.43. The summed E-state index contributed by atoms with van der Waals surface area (Å²) in [6.07, 6.45) is -0.184. The molecule has 0 bridgehead atoms. The first-order valence-electron chi connectivity index (χ1n) is 8.87. The number of ether oxygens (including phenoxy) is 3. The molecule has 1 atom stereocenters. The molecule has 0 aliphatic rings. The zero-order chi connectivity index (χ0) is 20.3. The number of esters is 1. The number of carbonyl (C=O) groups is 1. The number of aromatic nitrogens is 1. The van der Waals surface area contributed by atoms with Crippen LogP contribution in [-0.2, 0) is 9.53 Å². The molecule has 5 nitrogen and oxygen atoms in total. The number of carbonyl (C=O) groups excluding carboxylic acids is 1. The molecule has 0 amide bonds. The van der Waals surface area contributed by atoms with Crippen LogP contribution < -0.4 is 9.47 Å². The van der Waals surface area contributed by atoms with Crippen molar-refractivity contribution < 1.29 is 19.0 Å². The van der Waals surface area contributed by atoms with E-state index in [1.807, 2.05) is 12.1 Å². The largest absolute Gasteiger partial charge is 0.479 e. The summed E-state index contributed by atoms with van der Waals surface area (Å²) in [5.41, 5.74) is 0.843. The molecule has 0 aliphatic carbocycles. The Hall–Kier alpha value is -2.09. The molecule has 3 rings (SSSR count). The number of thiazole rings is 1. The second-order valence-electron chi connectivity index (χ2n) is 7.59. The first-order chi connectivity index (χ1) is 13.2. The van der Waals surface area contributed by atoms with Crippen molar-refractivity contribution in [3.63, 3.8) is 0 Å². The number of hydrogen-bond donors (Lipinski definition) is 0. The van der Waals surface area contributed by atoms with Crippen LogP contribution in [-0.4, -0.2) is 31.4 Å². The second kappa shape index (κ2) is 8.51. The third-order valence-corrected chi connectivity index (χ3v) is 5.79. The lowest BCUT2D eigenvalue weighted by Crippen LogP contribution is -2.34. The van der Waals surface area contributed by atoms with Crippen molar-refractivity contribution in [2.24, 2.45) is 0 Å². The van der Waals surface area contributed by atoms with Gasteiger partial charge in [0.15, 0.2) is 6.10 Å². The van der Waals surface area contributed by atoms with E-state index in [0.717, 1.165) is 10.2 Å². The maximum Gasteiger partial charge on any atom is 0.346 e. The van der Waals surface area contributed by atoms with Crippen molar-refractivity contribution >= 4 is 47.2 Å². The third kappa shape index (κ3) is 5.70. The maximum absolute atomic E-state index is 12.0. The topological polar surface area (TPSA) is 57.7 Å². The maximum atomic E-state index is 12.0. The van der Waals surface area contributed by atoms with Gasteiger partial charge in [0.2, 0.25) is 0 Å². The number of halogens is 1. The summed E-state index contributed by atoms with van der Waals surface area (Å²) in [6.45, 7) is 8.11. The highest BCUT2D eigenvalue weighted by molar-refractivity contribution is 7.20. The van der Waals surface area contributed by atoms with E-state index in [9.17, 15) is 4.79 Å². The first kappa shape index (κ1) is 20.6. The summed E-state index contributed by atoms with van der Waals surface area (Å²) in [7, 11) is -1.45. The molecule has 3 aromatic rings. The Bertz CT molecular complexity index is 968. The van der Waals surface area contributed by atoms with Crippen LogP contribution in [0.1, 0.15) is 6.92 Å². The van der Waals surface area contributed by atoms with Crippen LogP contribution in [0.5, 0.6) is 16.7 Å². The molecule has 0 aliphatic heterocycles. The highest BCUT2D eigenvalue weighted by Gasteiger charge is 2.21. The quantitative estimate of drug-likeness (QED) is 0.340. The molecule has 1 unspecified atom stereocenters. The molecule has 28 heavy (non-hydrogen) atoms. The fourth-order valence-electron chi connectivity index (χ4n) is 2.27. The Morgan fingerprint density at radius 3 is 2.50 bits per heavy atom. The van der Waals surface area contributed by atoms with Gasteiger partial charge in [0.25, 0.3) is 5.19 Å². The number of benzene rings is 2. The Kier molecular flexibility index (Phi) is 6.27. The molecule has 1 aromatic heterocycles. The monoisotopic (exact) mass is 435 g/mol. The minimum atomic E-state index is -1.45. The first-order valence-corrected chi connectivity index (χ1v) is 13.8. The van der Waals surface area contributed by atoms with E-state index in [0.29, 0.717) is 27.9 Å². The summed E-state index contributed by atoms with van der Waals surface area (Å²) < 4.78 is 17.8. The Balaban J connectivity index is 1.58.